The van der Waals surface area contributed by atoms with Gasteiger partial charge in [-0.2, -0.15) is 13.2 Å². The van der Waals surface area contributed by atoms with Crippen molar-refractivity contribution in [2.75, 3.05) is 0 Å². The number of halogens is 5. The van der Waals surface area contributed by atoms with Gasteiger partial charge in [-0.15, -0.1) is 22.2 Å². The molecule has 0 bridgehead atoms. The number of hydrogen-bond acceptors (Lipinski definition) is 0. The molecule has 0 spiro atoms. The van der Waals surface area contributed by atoms with Gasteiger partial charge in [0, 0.05) is 6.42 Å². The average molecular weight is 349 g/mol. The Hall–Kier alpha value is -0.973. The zero-order chi connectivity index (χ0) is 15.5. The zero-order valence-electron chi connectivity index (χ0n) is 11.0. The van der Waals surface area contributed by atoms with Gasteiger partial charge in [-0.3, -0.25) is 0 Å². The van der Waals surface area contributed by atoms with E-state index < -0.39 is 19.3 Å². The molecule has 0 fully saturated rings. The SMILES string of the molecule is FC(F)(F)CCc1ccccc1[Si](Cl)(Cl)c1ccccc1. The molecule has 0 aliphatic carbocycles. The normalized spacial score (nSPS) is 12.4. The summed E-state index contributed by atoms with van der Waals surface area (Å²) < 4.78 is 37.3. The lowest BCUT2D eigenvalue weighted by Gasteiger charge is -2.21. The summed E-state index contributed by atoms with van der Waals surface area (Å²) in [5.74, 6) is 0. The van der Waals surface area contributed by atoms with Crippen molar-refractivity contribution >= 4 is 39.2 Å². The summed E-state index contributed by atoms with van der Waals surface area (Å²) in [6, 6.07) is 16.0. The molecule has 2 aromatic rings. The molecule has 0 N–H and O–H groups in total. The molecule has 6 heteroatoms. The van der Waals surface area contributed by atoms with Gasteiger partial charge >= 0.3 is 12.9 Å². The molecule has 0 amide bonds. The highest BCUT2D eigenvalue weighted by Gasteiger charge is 2.36. The van der Waals surface area contributed by atoms with E-state index in [-0.39, 0.29) is 6.42 Å². The molecular formula is C15H13Cl2F3Si. The van der Waals surface area contributed by atoms with Crippen molar-refractivity contribution in [2.24, 2.45) is 0 Å². The number of alkyl halides is 3. The Morgan fingerprint density at radius 2 is 1.43 bits per heavy atom. The Morgan fingerprint density at radius 1 is 0.857 bits per heavy atom. The topological polar surface area (TPSA) is 0 Å². The molecule has 0 aromatic heterocycles. The Morgan fingerprint density at radius 3 is 2.05 bits per heavy atom. The third kappa shape index (κ3) is 4.25. The van der Waals surface area contributed by atoms with E-state index in [1.165, 1.54) is 0 Å². The average Bonchev–Trinajstić information content (AvgIpc) is 2.45. The van der Waals surface area contributed by atoms with Crippen molar-refractivity contribution in [1.29, 1.82) is 0 Å². The summed E-state index contributed by atoms with van der Waals surface area (Å²) in [5, 5.41) is 1.40. The number of benzene rings is 2. The molecule has 2 aromatic carbocycles. The molecular weight excluding hydrogens is 336 g/mol. The van der Waals surface area contributed by atoms with Gasteiger partial charge in [-0.05, 0) is 22.4 Å². The summed E-state index contributed by atoms with van der Waals surface area (Å²) in [7, 11) is 0. The number of rotatable bonds is 4. The van der Waals surface area contributed by atoms with E-state index >= 15 is 0 Å². The first kappa shape index (κ1) is 16.4. The van der Waals surface area contributed by atoms with E-state index in [0.29, 0.717) is 10.8 Å². The lowest BCUT2D eigenvalue weighted by atomic mass is 10.1. The first-order valence-corrected chi connectivity index (χ1v) is 10.4. The van der Waals surface area contributed by atoms with Crippen molar-refractivity contribution in [1.82, 2.24) is 0 Å². The van der Waals surface area contributed by atoms with Gasteiger partial charge in [0.15, 0.2) is 0 Å². The van der Waals surface area contributed by atoms with Crippen LogP contribution < -0.4 is 10.4 Å². The van der Waals surface area contributed by atoms with Crippen LogP contribution in [0.5, 0.6) is 0 Å². The molecule has 0 nitrogen and oxygen atoms in total. The molecule has 2 rings (SSSR count). The minimum absolute atomic E-state index is 0.110. The molecule has 112 valence electrons. The van der Waals surface area contributed by atoms with Crippen molar-refractivity contribution in [2.45, 2.75) is 19.0 Å². The van der Waals surface area contributed by atoms with Crippen LogP contribution in [0, 0.1) is 0 Å². The molecule has 0 saturated heterocycles. The van der Waals surface area contributed by atoms with Gasteiger partial charge in [0.25, 0.3) is 0 Å². The second-order valence-electron chi connectivity index (χ2n) is 4.71. The van der Waals surface area contributed by atoms with Crippen LogP contribution in [0.1, 0.15) is 12.0 Å². The quantitative estimate of drug-likeness (QED) is 0.573. The van der Waals surface area contributed by atoms with Crippen LogP contribution in [0.25, 0.3) is 0 Å². The third-order valence-corrected chi connectivity index (χ3v) is 7.92. The maximum atomic E-state index is 12.4. The van der Waals surface area contributed by atoms with Gasteiger partial charge in [0.2, 0.25) is 0 Å². The van der Waals surface area contributed by atoms with Gasteiger partial charge < -0.3 is 0 Å². The molecule has 21 heavy (non-hydrogen) atoms. The Bertz CT molecular complexity index is 597. The van der Waals surface area contributed by atoms with Gasteiger partial charge in [0.1, 0.15) is 0 Å². The van der Waals surface area contributed by atoms with Crippen molar-refractivity contribution in [3.05, 3.63) is 60.2 Å². The smallest absolute Gasteiger partial charge is 0.171 e. The predicted molar refractivity (Wildman–Crippen MR) is 84.0 cm³/mol. The highest BCUT2D eigenvalue weighted by Crippen LogP contribution is 2.24. The third-order valence-electron chi connectivity index (χ3n) is 3.17. The molecule has 0 saturated carbocycles. The van der Waals surface area contributed by atoms with Crippen LogP contribution in [0.15, 0.2) is 54.6 Å². The Kier molecular flexibility index (Phi) is 5.02. The standard InChI is InChI=1S/C15H13Cl2F3Si/c16-21(17,13-7-2-1-3-8-13)14-9-5-4-6-12(14)10-11-15(18,19)20/h1-9H,10-11H2. The summed E-state index contributed by atoms with van der Waals surface area (Å²) in [5.41, 5.74) is 0.565. The fourth-order valence-electron chi connectivity index (χ4n) is 2.12. The molecule has 0 radical (unpaired) electrons. The molecule has 0 heterocycles. The van der Waals surface area contributed by atoms with E-state index in [1.807, 2.05) is 30.3 Å². The van der Waals surface area contributed by atoms with Crippen LogP contribution >= 0.6 is 22.2 Å². The fourth-order valence-corrected chi connectivity index (χ4v) is 5.83. The second-order valence-corrected chi connectivity index (χ2v) is 11.0. The lowest BCUT2D eigenvalue weighted by Crippen LogP contribution is -2.50. The first-order valence-electron chi connectivity index (χ1n) is 6.39. The van der Waals surface area contributed by atoms with Crippen molar-refractivity contribution < 1.29 is 13.2 Å². The molecule has 0 atom stereocenters. The highest BCUT2D eigenvalue weighted by molar-refractivity contribution is 7.56. The maximum Gasteiger partial charge on any atom is 0.389 e. The van der Waals surface area contributed by atoms with Gasteiger partial charge in [-0.1, -0.05) is 54.6 Å². The van der Waals surface area contributed by atoms with Crippen molar-refractivity contribution in [3.8, 4) is 0 Å². The van der Waals surface area contributed by atoms with E-state index in [2.05, 4.69) is 0 Å². The minimum Gasteiger partial charge on any atom is -0.171 e. The largest absolute Gasteiger partial charge is 0.389 e. The van der Waals surface area contributed by atoms with Crippen LogP contribution in [0.2, 0.25) is 0 Å². The van der Waals surface area contributed by atoms with E-state index in [4.69, 9.17) is 22.2 Å². The predicted octanol–water partition coefficient (Wildman–Crippen LogP) is 4.22. The van der Waals surface area contributed by atoms with Crippen LogP contribution in [-0.2, 0) is 6.42 Å². The minimum atomic E-state index is -4.19. The summed E-state index contributed by atoms with van der Waals surface area (Å²) in [4.78, 5) is 0. The van der Waals surface area contributed by atoms with Crippen LogP contribution in [-0.4, -0.2) is 12.9 Å². The maximum absolute atomic E-state index is 12.4. The zero-order valence-corrected chi connectivity index (χ0v) is 13.5. The second kappa shape index (κ2) is 6.42. The summed E-state index contributed by atoms with van der Waals surface area (Å²) in [6.07, 6.45) is -5.18. The van der Waals surface area contributed by atoms with Gasteiger partial charge in [0.05, 0.1) is 0 Å². The molecule has 0 aliphatic heterocycles. The van der Waals surface area contributed by atoms with E-state index in [1.54, 1.807) is 24.3 Å². The van der Waals surface area contributed by atoms with Gasteiger partial charge in [-0.25, -0.2) is 0 Å². The lowest BCUT2D eigenvalue weighted by molar-refractivity contribution is -0.133. The van der Waals surface area contributed by atoms with Crippen LogP contribution in [0.3, 0.4) is 0 Å². The van der Waals surface area contributed by atoms with E-state index in [9.17, 15) is 13.2 Å². The highest BCUT2D eigenvalue weighted by atomic mass is 35.7. The number of hydrogen-bond donors (Lipinski definition) is 0. The van der Waals surface area contributed by atoms with Crippen LogP contribution in [0.4, 0.5) is 13.2 Å². The number of aryl methyl sites for hydroxylation is 1. The monoisotopic (exact) mass is 348 g/mol. The molecule has 0 aliphatic rings. The fraction of sp³-hybridized carbons (Fsp3) is 0.200. The summed E-state index contributed by atoms with van der Waals surface area (Å²) in [6.45, 7) is -3.02. The Labute approximate surface area is 131 Å². The Balaban J connectivity index is 2.35. The van der Waals surface area contributed by atoms with E-state index in [0.717, 1.165) is 5.19 Å². The summed E-state index contributed by atoms with van der Waals surface area (Å²) >= 11 is 13.1. The first-order chi connectivity index (χ1) is 9.81. The molecule has 0 unspecified atom stereocenters. The van der Waals surface area contributed by atoms with Crippen molar-refractivity contribution in [3.63, 3.8) is 0 Å².